The van der Waals surface area contributed by atoms with Gasteiger partial charge in [0.1, 0.15) is 0 Å². The molecular weight excluding hydrogens is 274 g/mol. The molecule has 2 rings (SSSR count). The number of nitrogens with one attached hydrogen (secondary N) is 1. The Morgan fingerprint density at radius 1 is 0.952 bits per heavy atom. The van der Waals surface area contributed by atoms with Gasteiger partial charge in [-0.05, 0) is 48.6 Å². The maximum atomic E-state index is 3.70. The zero-order valence-corrected chi connectivity index (χ0v) is 14.5. The van der Waals surface area contributed by atoms with Gasteiger partial charge in [-0.1, -0.05) is 52.0 Å². The molecule has 0 saturated carbocycles. The Hall–Kier alpha value is -1.12. The Kier molecular flexibility index (Phi) is 6.01. The topological polar surface area (TPSA) is 12.0 Å². The fraction of sp³-hybridized carbons (Fsp3) is 0.474. The van der Waals surface area contributed by atoms with E-state index in [0.717, 1.165) is 19.4 Å². The first-order valence-corrected chi connectivity index (χ1v) is 8.89. The van der Waals surface area contributed by atoms with Gasteiger partial charge in [-0.3, -0.25) is 0 Å². The van der Waals surface area contributed by atoms with E-state index in [4.69, 9.17) is 0 Å². The minimum atomic E-state index is 0.330. The van der Waals surface area contributed by atoms with Gasteiger partial charge in [0.05, 0.1) is 6.04 Å². The molecule has 21 heavy (non-hydrogen) atoms. The van der Waals surface area contributed by atoms with E-state index in [2.05, 4.69) is 69.4 Å². The second-order valence-corrected chi connectivity index (χ2v) is 7.07. The lowest BCUT2D eigenvalue weighted by molar-refractivity contribution is 0.605. The Morgan fingerprint density at radius 2 is 1.62 bits per heavy atom. The molecule has 0 aliphatic rings. The lowest BCUT2D eigenvalue weighted by Crippen LogP contribution is -2.22. The van der Waals surface area contributed by atoms with Crippen molar-refractivity contribution in [1.82, 2.24) is 5.32 Å². The van der Waals surface area contributed by atoms with Crippen LogP contribution in [0.2, 0.25) is 0 Å². The molecule has 1 aromatic carbocycles. The van der Waals surface area contributed by atoms with Gasteiger partial charge in [-0.15, -0.1) is 11.3 Å². The van der Waals surface area contributed by atoms with Crippen LogP contribution in [0.1, 0.15) is 67.0 Å². The smallest absolute Gasteiger partial charge is 0.0671 e. The van der Waals surface area contributed by atoms with E-state index < -0.39 is 0 Å². The number of benzene rings is 1. The van der Waals surface area contributed by atoms with E-state index in [1.165, 1.54) is 20.9 Å². The summed E-state index contributed by atoms with van der Waals surface area (Å²) in [6, 6.07) is 14.0. The SMILES string of the molecule is CCCNC(c1ccc(C(C)C)cc1)c1ccc(CC)s1. The summed E-state index contributed by atoms with van der Waals surface area (Å²) in [6.45, 7) is 9.98. The van der Waals surface area contributed by atoms with Crippen LogP contribution < -0.4 is 5.32 Å². The van der Waals surface area contributed by atoms with E-state index in [1.807, 2.05) is 11.3 Å². The van der Waals surface area contributed by atoms with Gasteiger partial charge in [-0.2, -0.15) is 0 Å². The number of rotatable bonds is 7. The molecule has 0 aliphatic heterocycles. The predicted molar refractivity (Wildman–Crippen MR) is 94.4 cm³/mol. The van der Waals surface area contributed by atoms with Crippen molar-refractivity contribution in [2.75, 3.05) is 6.54 Å². The molecule has 1 N–H and O–H groups in total. The molecule has 0 radical (unpaired) electrons. The number of hydrogen-bond acceptors (Lipinski definition) is 2. The van der Waals surface area contributed by atoms with Gasteiger partial charge in [0.25, 0.3) is 0 Å². The van der Waals surface area contributed by atoms with Crippen molar-refractivity contribution >= 4 is 11.3 Å². The van der Waals surface area contributed by atoms with Crippen LogP contribution >= 0.6 is 11.3 Å². The van der Waals surface area contributed by atoms with Crippen molar-refractivity contribution in [1.29, 1.82) is 0 Å². The summed E-state index contributed by atoms with van der Waals surface area (Å²) in [5, 5.41) is 3.70. The Balaban J connectivity index is 2.26. The lowest BCUT2D eigenvalue weighted by atomic mass is 9.98. The van der Waals surface area contributed by atoms with Gasteiger partial charge in [-0.25, -0.2) is 0 Å². The van der Waals surface area contributed by atoms with Crippen LogP contribution in [0.25, 0.3) is 0 Å². The van der Waals surface area contributed by atoms with Gasteiger partial charge in [0.15, 0.2) is 0 Å². The van der Waals surface area contributed by atoms with Crippen LogP contribution in [0.5, 0.6) is 0 Å². The maximum absolute atomic E-state index is 3.70. The van der Waals surface area contributed by atoms with Crippen molar-refractivity contribution in [3.63, 3.8) is 0 Å². The summed E-state index contributed by atoms with van der Waals surface area (Å²) >= 11 is 1.93. The summed E-state index contributed by atoms with van der Waals surface area (Å²) in [5.74, 6) is 0.592. The van der Waals surface area contributed by atoms with E-state index in [9.17, 15) is 0 Å². The van der Waals surface area contributed by atoms with Crippen molar-refractivity contribution in [2.24, 2.45) is 0 Å². The fourth-order valence-electron chi connectivity index (χ4n) is 2.48. The number of aryl methyl sites for hydroxylation is 1. The largest absolute Gasteiger partial charge is 0.306 e. The Bertz CT molecular complexity index is 539. The summed E-state index contributed by atoms with van der Waals surface area (Å²) in [6.07, 6.45) is 2.28. The Morgan fingerprint density at radius 3 is 2.14 bits per heavy atom. The van der Waals surface area contributed by atoms with Crippen LogP contribution in [0.15, 0.2) is 36.4 Å². The van der Waals surface area contributed by atoms with Gasteiger partial charge >= 0.3 is 0 Å². The number of hydrogen-bond donors (Lipinski definition) is 1. The van der Waals surface area contributed by atoms with Crippen LogP contribution in [0.3, 0.4) is 0 Å². The van der Waals surface area contributed by atoms with Gasteiger partial charge < -0.3 is 5.32 Å². The zero-order chi connectivity index (χ0) is 15.2. The monoisotopic (exact) mass is 301 g/mol. The molecule has 1 nitrogen and oxygen atoms in total. The van der Waals surface area contributed by atoms with E-state index >= 15 is 0 Å². The van der Waals surface area contributed by atoms with E-state index in [0.29, 0.717) is 12.0 Å². The zero-order valence-electron chi connectivity index (χ0n) is 13.6. The average Bonchev–Trinajstić information content (AvgIpc) is 2.97. The molecule has 0 bridgehead atoms. The highest BCUT2D eigenvalue weighted by Crippen LogP contribution is 2.29. The number of thiophene rings is 1. The molecule has 0 aliphatic carbocycles. The minimum absolute atomic E-state index is 0.330. The molecule has 0 fully saturated rings. The quantitative estimate of drug-likeness (QED) is 0.709. The Labute approximate surface area is 133 Å². The molecule has 0 saturated heterocycles. The third-order valence-corrected chi connectivity index (χ3v) is 5.14. The highest BCUT2D eigenvalue weighted by atomic mass is 32.1. The highest BCUT2D eigenvalue weighted by Gasteiger charge is 2.15. The van der Waals surface area contributed by atoms with E-state index in [1.54, 1.807) is 0 Å². The summed E-state index contributed by atoms with van der Waals surface area (Å²) < 4.78 is 0. The van der Waals surface area contributed by atoms with Gasteiger partial charge in [0.2, 0.25) is 0 Å². The molecule has 1 atom stereocenters. The maximum Gasteiger partial charge on any atom is 0.0671 e. The first-order valence-electron chi connectivity index (χ1n) is 8.07. The predicted octanol–water partition coefficient (Wildman–Crippen LogP) is 5.52. The van der Waals surface area contributed by atoms with Crippen molar-refractivity contribution < 1.29 is 0 Å². The van der Waals surface area contributed by atoms with Crippen molar-refractivity contribution in [3.8, 4) is 0 Å². The molecule has 1 heterocycles. The molecule has 114 valence electrons. The van der Waals surface area contributed by atoms with Crippen LogP contribution in [-0.4, -0.2) is 6.54 Å². The minimum Gasteiger partial charge on any atom is -0.306 e. The second kappa shape index (κ2) is 7.77. The third kappa shape index (κ3) is 4.18. The van der Waals surface area contributed by atoms with Crippen LogP contribution in [0.4, 0.5) is 0 Å². The van der Waals surface area contributed by atoms with Crippen LogP contribution in [0, 0.1) is 0 Å². The summed E-state index contributed by atoms with van der Waals surface area (Å²) in [7, 11) is 0. The highest BCUT2D eigenvalue weighted by molar-refractivity contribution is 7.12. The average molecular weight is 301 g/mol. The fourth-order valence-corrected chi connectivity index (χ4v) is 3.54. The molecular formula is C19H27NS. The lowest BCUT2D eigenvalue weighted by Gasteiger charge is -2.18. The molecule has 1 aromatic heterocycles. The first-order chi connectivity index (χ1) is 10.2. The van der Waals surface area contributed by atoms with Crippen LogP contribution in [-0.2, 0) is 6.42 Å². The standard InChI is InChI=1S/C19H27NS/c1-5-13-20-19(18-12-11-17(6-2)21-18)16-9-7-15(8-10-16)14(3)4/h7-12,14,19-20H,5-6,13H2,1-4H3. The molecule has 2 heteroatoms. The molecule has 1 unspecified atom stereocenters. The molecule has 0 amide bonds. The molecule has 0 spiro atoms. The summed E-state index contributed by atoms with van der Waals surface area (Å²) in [4.78, 5) is 2.89. The normalized spacial score (nSPS) is 12.8. The van der Waals surface area contributed by atoms with Crippen molar-refractivity contribution in [2.45, 2.75) is 52.5 Å². The van der Waals surface area contributed by atoms with Gasteiger partial charge in [0, 0.05) is 9.75 Å². The molecule has 2 aromatic rings. The first kappa shape index (κ1) is 16.3. The second-order valence-electron chi connectivity index (χ2n) is 5.87. The van der Waals surface area contributed by atoms with E-state index in [-0.39, 0.29) is 0 Å². The third-order valence-electron chi connectivity index (χ3n) is 3.85. The summed E-state index contributed by atoms with van der Waals surface area (Å²) in [5.41, 5.74) is 2.78. The van der Waals surface area contributed by atoms with Crippen molar-refractivity contribution in [3.05, 3.63) is 57.3 Å².